The third kappa shape index (κ3) is 2.35. The topological polar surface area (TPSA) is 41.6 Å². The predicted molar refractivity (Wildman–Crippen MR) is 76.6 cm³/mol. The first kappa shape index (κ1) is 12.9. The molecule has 0 aliphatic carbocycles. The highest BCUT2D eigenvalue weighted by molar-refractivity contribution is 5.80. The zero-order valence-corrected chi connectivity index (χ0v) is 11.6. The molecule has 98 valence electrons. The Hall–Kier alpha value is -1.51. The standard InChI is InChI=1S/C15H23N3/c1-4-11(3)18-14(10-17-15(18)16)13-8-6-12(5-2)7-9-13/h6-9,11,14H,4-5,10H2,1-3H3,(H2,16,17). The van der Waals surface area contributed by atoms with Crippen molar-refractivity contribution < 1.29 is 0 Å². The number of nitrogens with zero attached hydrogens (tertiary/aromatic N) is 2. The lowest BCUT2D eigenvalue weighted by molar-refractivity contribution is 0.268. The highest BCUT2D eigenvalue weighted by Gasteiger charge is 2.30. The van der Waals surface area contributed by atoms with Crippen LogP contribution < -0.4 is 5.73 Å². The van der Waals surface area contributed by atoms with Crippen molar-refractivity contribution in [1.29, 1.82) is 0 Å². The van der Waals surface area contributed by atoms with Gasteiger partial charge in [-0.3, -0.25) is 4.99 Å². The Kier molecular flexibility index (Phi) is 3.90. The third-order valence-electron chi connectivity index (χ3n) is 3.86. The van der Waals surface area contributed by atoms with E-state index in [1.54, 1.807) is 0 Å². The number of aliphatic imine (C=N–C) groups is 1. The summed E-state index contributed by atoms with van der Waals surface area (Å²) in [6.45, 7) is 7.35. The van der Waals surface area contributed by atoms with E-state index in [2.05, 4.69) is 54.9 Å². The van der Waals surface area contributed by atoms with Crippen molar-refractivity contribution in [2.75, 3.05) is 6.54 Å². The van der Waals surface area contributed by atoms with Crippen LogP contribution >= 0.6 is 0 Å². The molecule has 1 heterocycles. The van der Waals surface area contributed by atoms with Gasteiger partial charge in [0, 0.05) is 6.04 Å². The summed E-state index contributed by atoms with van der Waals surface area (Å²) in [4.78, 5) is 6.66. The summed E-state index contributed by atoms with van der Waals surface area (Å²) in [6.07, 6.45) is 2.17. The quantitative estimate of drug-likeness (QED) is 0.886. The van der Waals surface area contributed by atoms with Crippen LogP contribution in [-0.4, -0.2) is 23.4 Å². The molecule has 1 aliphatic heterocycles. The molecule has 18 heavy (non-hydrogen) atoms. The number of benzene rings is 1. The SMILES string of the molecule is CCc1ccc(C2CN=C(N)N2C(C)CC)cc1. The molecular formula is C15H23N3. The second kappa shape index (κ2) is 5.42. The molecule has 0 saturated heterocycles. The van der Waals surface area contributed by atoms with Gasteiger partial charge in [-0.15, -0.1) is 0 Å². The molecule has 0 spiro atoms. The maximum Gasteiger partial charge on any atom is 0.192 e. The van der Waals surface area contributed by atoms with Crippen molar-refractivity contribution >= 4 is 5.96 Å². The minimum absolute atomic E-state index is 0.311. The molecule has 2 unspecified atom stereocenters. The Morgan fingerprint density at radius 3 is 2.56 bits per heavy atom. The number of guanidine groups is 1. The minimum Gasteiger partial charge on any atom is -0.370 e. The summed E-state index contributed by atoms with van der Waals surface area (Å²) in [7, 11) is 0. The van der Waals surface area contributed by atoms with E-state index < -0.39 is 0 Å². The molecule has 0 fully saturated rings. The van der Waals surface area contributed by atoms with Gasteiger partial charge in [0.1, 0.15) is 0 Å². The monoisotopic (exact) mass is 245 g/mol. The molecular weight excluding hydrogens is 222 g/mol. The molecule has 3 nitrogen and oxygen atoms in total. The summed E-state index contributed by atoms with van der Waals surface area (Å²) in [5, 5.41) is 0. The molecule has 1 aromatic rings. The second-order valence-electron chi connectivity index (χ2n) is 4.97. The number of rotatable bonds is 4. The van der Waals surface area contributed by atoms with Crippen molar-refractivity contribution in [2.24, 2.45) is 10.7 Å². The fourth-order valence-corrected chi connectivity index (χ4v) is 2.48. The van der Waals surface area contributed by atoms with E-state index in [-0.39, 0.29) is 0 Å². The van der Waals surface area contributed by atoms with E-state index >= 15 is 0 Å². The molecule has 0 amide bonds. The lowest BCUT2D eigenvalue weighted by Gasteiger charge is -2.32. The highest BCUT2D eigenvalue weighted by atomic mass is 15.3. The molecule has 0 aromatic heterocycles. The Morgan fingerprint density at radius 2 is 2.00 bits per heavy atom. The van der Waals surface area contributed by atoms with Gasteiger partial charge in [-0.05, 0) is 30.9 Å². The average Bonchev–Trinajstić information content (AvgIpc) is 2.80. The van der Waals surface area contributed by atoms with Crippen LogP contribution in [0.2, 0.25) is 0 Å². The van der Waals surface area contributed by atoms with Crippen molar-refractivity contribution in [1.82, 2.24) is 4.90 Å². The first-order valence-corrected chi connectivity index (χ1v) is 6.84. The van der Waals surface area contributed by atoms with E-state index in [4.69, 9.17) is 5.73 Å². The van der Waals surface area contributed by atoms with Gasteiger partial charge in [-0.2, -0.15) is 0 Å². The first-order valence-electron chi connectivity index (χ1n) is 6.84. The van der Waals surface area contributed by atoms with Crippen LogP contribution in [0.4, 0.5) is 0 Å². The summed E-state index contributed by atoms with van der Waals surface area (Å²) in [5.41, 5.74) is 8.71. The van der Waals surface area contributed by atoms with Gasteiger partial charge in [0.25, 0.3) is 0 Å². The highest BCUT2D eigenvalue weighted by Crippen LogP contribution is 2.28. The maximum absolute atomic E-state index is 6.02. The first-order chi connectivity index (χ1) is 8.67. The van der Waals surface area contributed by atoms with Gasteiger partial charge in [-0.1, -0.05) is 38.1 Å². The van der Waals surface area contributed by atoms with E-state index in [0.717, 1.165) is 19.4 Å². The number of hydrogen-bond donors (Lipinski definition) is 1. The smallest absolute Gasteiger partial charge is 0.192 e. The minimum atomic E-state index is 0.311. The van der Waals surface area contributed by atoms with Crippen molar-refractivity contribution in [3.63, 3.8) is 0 Å². The summed E-state index contributed by atoms with van der Waals surface area (Å²) in [5.74, 6) is 0.689. The third-order valence-corrected chi connectivity index (χ3v) is 3.86. The van der Waals surface area contributed by atoms with Crippen LogP contribution in [0.15, 0.2) is 29.3 Å². The van der Waals surface area contributed by atoms with Gasteiger partial charge in [0.05, 0.1) is 12.6 Å². The summed E-state index contributed by atoms with van der Waals surface area (Å²) in [6, 6.07) is 9.59. The fourth-order valence-electron chi connectivity index (χ4n) is 2.48. The van der Waals surface area contributed by atoms with Gasteiger partial charge in [0.2, 0.25) is 0 Å². The van der Waals surface area contributed by atoms with E-state index in [0.29, 0.717) is 18.0 Å². The van der Waals surface area contributed by atoms with Crippen LogP contribution in [0.3, 0.4) is 0 Å². The predicted octanol–water partition coefficient (Wildman–Crippen LogP) is 2.72. The Balaban J connectivity index is 2.21. The fraction of sp³-hybridized carbons (Fsp3) is 0.533. The van der Waals surface area contributed by atoms with Crippen LogP contribution in [0.25, 0.3) is 0 Å². The number of aryl methyl sites for hydroxylation is 1. The Morgan fingerprint density at radius 1 is 1.33 bits per heavy atom. The number of nitrogens with two attached hydrogens (primary N) is 1. The van der Waals surface area contributed by atoms with Crippen LogP contribution in [-0.2, 0) is 6.42 Å². The average molecular weight is 245 g/mol. The maximum atomic E-state index is 6.02. The van der Waals surface area contributed by atoms with Crippen LogP contribution in [0.1, 0.15) is 44.4 Å². The lowest BCUT2D eigenvalue weighted by Crippen LogP contribution is -2.42. The van der Waals surface area contributed by atoms with Gasteiger partial charge in [-0.25, -0.2) is 0 Å². The van der Waals surface area contributed by atoms with Gasteiger partial charge in [0.15, 0.2) is 5.96 Å². The molecule has 2 atom stereocenters. The molecule has 0 saturated carbocycles. The van der Waals surface area contributed by atoms with Crippen molar-refractivity contribution in [3.8, 4) is 0 Å². The van der Waals surface area contributed by atoms with Gasteiger partial charge < -0.3 is 10.6 Å². The van der Waals surface area contributed by atoms with Crippen molar-refractivity contribution in [2.45, 2.75) is 45.7 Å². The second-order valence-corrected chi connectivity index (χ2v) is 4.97. The molecule has 2 N–H and O–H groups in total. The van der Waals surface area contributed by atoms with Crippen LogP contribution in [0, 0.1) is 0 Å². The van der Waals surface area contributed by atoms with Crippen LogP contribution in [0.5, 0.6) is 0 Å². The summed E-state index contributed by atoms with van der Waals surface area (Å²) >= 11 is 0. The zero-order valence-electron chi connectivity index (χ0n) is 11.6. The normalized spacial score (nSPS) is 20.9. The molecule has 0 bridgehead atoms. The van der Waals surface area contributed by atoms with Crippen molar-refractivity contribution in [3.05, 3.63) is 35.4 Å². The van der Waals surface area contributed by atoms with E-state index in [1.165, 1.54) is 11.1 Å². The number of hydrogen-bond acceptors (Lipinski definition) is 3. The molecule has 3 heteroatoms. The molecule has 1 aromatic carbocycles. The Labute approximate surface area is 110 Å². The molecule has 1 aliphatic rings. The summed E-state index contributed by atoms with van der Waals surface area (Å²) < 4.78 is 0. The van der Waals surface area contributed by atoms with E-state index in [1.807, 2.05) is 0 Å². The van der Waals surface area contributed by atoms with Gasteiger partial charge >= 0.3 is 0 Å². The molecule has 0 radical (unpaired) electrons. The Bertz CT molecular complexity index is 422. The largest absolute Gasteiger partial charge is 0.370 e. The zero-order chi connectivity index (χ0) is 13.1. The van der Waals surface area contributed by atoms with E-state index in [9.17, 15) is 0 Å². The molecule has 2 rings (SSSR count). The lowest BCUT2D eigenvalue weighted by atomic mass is 10.0.